The van der Waals surface area contributed by atoms with Crippen LogP contribution >= 0.6 is 11.6 Å². The van der Waals surface area contributed by atoms with Crippen molar-refractivity contribution < 1.29 is 9.53 Å². The smallest absolute Gasteiger partial charge is 0.326 e. The third-order valence-corrected chi connectivity index (χ3v) is 4.47. The fourth-order valence-corrected chi connectivity index (χ4v) is 3.02. The van der Waals surface area contributed by atoms with Gasteiger partial charge in [-0.05, 0) is 42.7 Å². The molecule has 0 fully saturated rings. The first-order valence-corrected chi connectivity index (χ1v) is 8.62. The summed E-state index contributed by atoms with van der Waals surface area (Å²) >= 11 is 6.11. The number of fused-ring (bicyclic) bond motifs is 1. The lowest BCUT2D eigenvalue weighted by atomic mass is 10.1. The van der Waals surface area contributed by atoms with E-state index in [1.165, 1.54) is 0 Å². The van der Waals surface area contributed by atoms with Gasteiger partial charge in [0.25, 0.3) is 0 Å². The van der Waals surface area contributed by atoms with Crippen molar-refractivity contribution in [2.75, 3.05) is 16.8 Å². The summed E-state index contributed by atoms with van der Waals surface area (Å²) in [5, 5.41) is 3.61. The average Bonchev–Trinajstić information content (AvgIpc) is 2.61. The van der Waals surface area contributed by atoms with Crippen LogP contribution in [0, 0.1) is 0 Å². The van der Waals surface area contributed by atoms with E-state index in [4.69, 9.17) is 16.3 Å². The quantitative estimate of drug-likeness (QED) is 0.840. The van der Waals surface area contributed by atoms with E-state index in [1.807, 2.05) is 37.3 Å². The van der Waals surface area contributed by atoms with Gasteiger partial charge in [0, 0.05) is 10.7 Å². The maximum absolute atomic E-state index is 12.9. The number of carbonyl (C=O) groups is 1. The molecule has 0 radical (unpaired) electrons. The Labute approximate surface area is 147 Å². The molecule has 1 aliphatic heterocycles. The number of aryl methyl sites for hydroxylation is 1. The van der Waals surface area contributed by atoms with E-state index in [0.29, 0.717) is 23.0 Å². The number of benzene rings is 2. The Kier molecular flexibility index (Phi) is 4.95. The van der Waals surface area contributed by atoms with E-state index in [2.05, 4.69) is 12.2 Å². The molecule has 0 bridgehead atoms. The lowest BCUT2D eigenvalue weighted by Crippen LogP contribution is -2.45. The highest BCUT2D eigenvalue weighted by atomic mass is 35.5. The Hall–Kier alpha value is -2.20. The number of carbonyl (C=O) groups excluding carboxylic acids is 1. The summed E-state index contributed by atoms with van der Waals surface area (Å²) < 4.78 is 5.93. The van der Waals surface area contributed by atoms with Crippen molar-refractivity contribution in [2.24, 2.45) is 0 Å². The number of halogens is 1. The number of urea groups is 1. The Bertz CT molecular complexity index is 748. The van der Waals surface area contributed by atoms with Crippen molar-refractivity contribution in [1.29, 1.82) is 0 Å². The zero-order chi connectivity index (χ0) is 17.1. The Morgan fingerprint density at radius 3 is 2.83 bits per heavy atom. The topological polar surface area (TPSA) is 41.6 Å². The van der Waals surface area contributed by atoms with Crippen molar-refractivity contribution in [3.63, 3.8) is 0 Å². The van der Waals surface area contributed by atoms with E-state index in [1.54, 1.807) is 17.0 Å². The highest BCUT2D eigenvalue weighted by molar-refractivity contribution is 6.31. The Balaban J connectivity index is 1.90. The maximum Gasteiger partial charge on any atom is 0.326 e. The molecule has 0 aromatic heterocycles. The van der Waals surface area contributed by atoms with E-state index in [-0.39, 0.29) is 12.1 Å². The molecule has 1 aliphatic rings. The molecule has 1 heterocycles. The fraction of sp³-hybridized carbons (Fsp3) is 0.316. The average molecular weight is 345 g/mol. The van der Waals surface area contributed by atoms with Gasteiger partial charge >= 0.3 is 6.03 Å². The maximum atomic E-state index is 12.9. The minimum absolute atomic E-state index is 0.0224. The van der Waals surface area contributed by atoms with Gasteiger partial charge < -0.3 is 10.1 Å². The Morgan fingerprint density at radius 2 is 2.08 bits per heavy atom. The second-order valence-corrected chi connectivity index (χ2v) is 6.25. The summed E-state index contributed by atoms with van der Waals surface area (Å²) in [6.07, 6.45) is 1.67. The molecule has 126 valence electrons. The number of nitrogens with zero attached hydrogens (tertiary/aromatic N) is 1. The summed E-state index contributed by atoms with van der Waals surface area (Å²) in [4.78, 5) is 14.6. The highest BCUT2D eigenvalue weighted by Gasteiger charge is 2.29. The monoisotopic (exact) mass is 344 g/mol. The van der Waals surface area contributed by atoms with Crippen LogP contribution in [0.15, 0.2) is 42.5 Å². The normalized spacial score (nSPS) is 16.3. The van der Waals surface area contributed by atoms with Crippen LogP contribution < -0.4 is 15.0 Å². The third kappa shape index (κ3) is 3.34. The predicted octanol–water partition coefficient (Wildman–Crippen LogP) is 5.11. The summed E-state index contributed by atoms with van der Waals surface area (Å²) in [7, 11) is 0. The molecule has 3 rings (SSSR count). The molecule has 24 heavy (non-hydrogen) atoms. The van der Waals surface area contributed by atoms with Crippen LogP contribution in [0.2, 0.25) is 5.02 Å². The van der Waals surface area contributed by atoms with Crippen LogP contribution in [0.3, 0.4) is 0 Å². The molecule has 4 nitrogen and oxygen atoms in total. The molecular formula is C19H21ClN2O2. The summed E-state index contributed by atoms with van der Waals surface area (Å²) in [5.74, 6) is 0.691. The fourth-order valence-electron chi connectivity index (χ4n) is 2.86. The van der Waals surface area contributed by atoms with Crippen molar-refractivity contribution >= 4 is 29.0 Å². The molecule has 0 spiro atoms. The number of hydrogen-bond donors (Lipinski definition) is 1. The van der Waals surface area contributed by atoms with Crippen LogP contribution in [0.5, 0.6) is 5.75 Å². The second-order valence-electron chi connectivity index (χ2n) is 5.81. The van der Waals surface area contributed by atoms with Gasteiger partial charge in [-0.1, -0.05) is 43.6 Å². The van der Waals surface area contributed by atoms with Crippen molar-refractivity contribution in [3.8, 4) is 5.75 Å². The molecule has 0 saturated heterocycles. The first-order valence-electron chi connectivity index (χ1n) is 8.25. The molecule has 1 unspecified atom stereocenters. The van der Waals surface area contributed by atoms with Gasteiger partial charge in [-0.3, -0.25) is 4.90 Å². The van der Waals surface area contributed by atoms with Crippen molar-refractivity contribution in [2.45, 2.75) is 32.8 Å². The van der Waals surface area contributed by atoms with Crippen LogP contribution in [0.4, 0.5) is 16.2 Å². The van der Waals surface area contributed by atoms with Crippen LogP contribution in [0.1, 0.15) is 25.8 Å². The molecule has 0 saturated carbocycles. The van der Waals surface area contributed by atoms with Gasteiger partial charge in [-0.15, -0.1) is 0 Å². The van der Waals surface area contributed by atoms with Gasteiger partial charge in [0.2, 0.25) is 0 Å². The van der Waals surface area contributed by atoms with Crippen LogP contribution in [-0.2, 0) is 6.42 Å². The number of nitrogens with one attached hydrogen (secondary N) is 1. The minimum atomic E-state index is -0.166. The van der Waals surface area contributed by atoms with Gasteiger partial charge in [0.15, 0.2) is 0 Å². The molecule has 2 aromatic carbocycles. The number of rotatable bonds is 3. The minimum Gasteiger partial charge on any atom is -0.486 e. The number of ether oxygens (including phenoxy) is 1. The summed E-state index contributed by atoms with van der Waals surface area (Å²) in [6.45, 7) is 4.62. The van der Waals surface area contributed by atoms with Gasteiger partial charge in [0.1, 0.15) is 11.9 Å². The highest BCUT2D eigenvalue weighted by Crippen LogP contribution is 2.36. The lowest BCUT2D eigenvalue weighted by Gasteiger charge is -2.34. The molecule has 2 aromatic rings. The third-order valence-electron chi connectivity index (χ3n) is 4.23. The zero-order valence-corrected chi connectivity index (χ0v) is 14.6. The number of hydrogen-bond acceptors (Lipinski definition) is 2. The number of para-hydroxylation sites is 1. The summed E-state index contributed by atoms with van der Waals surface area (Å²) in [5.41, 5.74) is 2.66. The molecule has 0 aliphatic carbocycles. The zero-order valence-electron chi connectivity index (χ0n) is 13.9. The van der Waals surface area contributed by atoms with Crippen molar-refractivity contribution in [3.05, 3.63) is 53.1 Å². The summed E-state index contributed by atoms with van der Waals surface area (Å²) in [6, 6.07) is 13.1. The van der Waals surface area contributed by atoms with Gasteiger partial charge in [-0.25, -0.2) is 4.79 Å². The molecule has 5 heteroatoms. The molecular weight excluding hydrogens is 324 g/mol. The lowest BCUT2D eigenvalue weighted by molar-refractivity contribution is 0.188. The van der Waals surface area contributed by atoms with Gasteiger partial charge in [0.05, 0.1) is 12.2 Å². The largest absolute Gasteiger partial charge is 0.486 e. The van der Waals surface area contributed by atoms with Crippen LogP contribution in [0.25, 0.3) is 0 Å². The molecule has 2 amide bonds. The SMILES string of the molecule is CCc1ccccc1NC(=O)N1CC(CC)Oc2ccc(Cl)cc21. The van der Waals surface area contributed by atoms with E-state index >= 15 is 0 Å². The number of amides is 2. The first-order chi connectivity index (χ1) is 11.6. The predicted molar refractivity (Wildman–Crippen MR) is 98.3 cm³/mol. The van der Waals surface area contributed by atoms with Gasteiger partial charge in [-0.2, -0.15) is 0 Å². The molecule has 1 atom stereocenters. The van der Waals surface area contributed by atoms with Crippen LogP contribution in [-0.4, -0.2) is 18.7 Å². The number of anilines is 2. The second kappa shape index (κ2) is 7.14. The van der Waals surface area contributed by atoms with E-state index in [9.17, 15) is 4.79 Å². The van der Waals surface area contributed by atoms with Crippen molar-refractivity contribution in [1.82, 2.24) is 0 Å². The standard InChI is InChI=1S/C19H21ClN2O2/c1-3-13-7-5-6-8-16(13)21-19(23)22-12-15(4-2)24-18-10-9-14(20)11-17(18)22/h5-11,15H,3-4,12H2,1-2H3,(H,21,23). The Morgan fingerprint density at radius 1 is 1.29 bits per heavy atom. The van der Waals surface area contributed by atoms with E-state index < -0.39 is 0 Å². The first kappa shape index (κ1) is 16.7. The van der Waals surface area contributed by atoms with E-state index in [0.717, 1.165) is 24.1 Å². The molecule has 1 N–H and O–H groups in total.